The third-order valence-electron chi connectivity index (χ3n) is 6.70. The number of sulfone groups is 1. The fourth-order valence-corrected chi connectivity index (χ4v) is 5.39. The molecule has 0 unspecified atom stereocenters. The molecule has 0 bridgehead atoms. The molecule has 0 saturated heterocycles. The van der Waals surface area contributed by atoms with Gasteiger partial charge in [0.2, 0.25) is 0 Å². The topological polar surface area (TPSA) is 91.8 Å². The number of carbonyl (C=O) groups is 1. The average molecular weight is 555 g/mol. The molecule has 1 aliphatic heterocycles. The van der Waals surface area contributed by atoms with E-state index in [1.165, 1.54) is 12.1 Å². The second-order valence-electron chi connectivity index (χ2n) is 9.94. The van der Waals surface area contributed by atoms with Crippen LogP contribution in [-0.4, -0.2) is 75.7 Å². The van der Waals surface area contributed by atoms with Gasteiger partial charge in [-0.2, -0.15) is 0 Å². The van der Waals surface area contributed by atoms with Gasteiger partial charge >= 0.3 is 0 Å². The molecule has 0 aliphatic carbocycles. The van der Waals surface area contributed by atoms with E-state index in [0.29, 0.717) is 18.9 Å². The summed E-state index contributed by atoms with van der Waals surface area (Å²) >= 11 is 0. The number of ether oxygens (including phenoxy) is 1. The van der Waals surface area contributed by atoms with Gasteiger partial charge < -0.3 is 19.9 Å². The first kappa shape index (κ1) is 28.5. The van der Waals surface area contributed by atoms with Crippen LogP contribution in [0.15, 0.2) is 53.6 Å². The molecule has 0 spiro atoms. The number of nitrogens with zero attached hydrogens (tertiary/aromatic N) is 3. The summed E-state index contributed by atoms with van der Waals surface area (Å²) in [5.74, 6) is 0.283. The fraction of sp³-hybridized carbons (Fsp3) is 0.379. The van der Waals surface area contributed by atoms with Gasteiger partial charge in [0.05, 0.1) is 6.54 Å². The molecule has 8 nitrogen and oxygen atoms in total. The zero-order valence-electron chi connectivity index (χ0n) is 22.8. The predicted molar refractivity (Wildman–Crippen MR) is 150 cm³/mol. The molecule has 1 aromatic heterocycles. The Hall–Kier alpha value is -3.50. The van der Waals surface area contributed by atoms with Crippen LogP contribution in [0.2, 0.25) is 0 Å². The predicted octanol–water partition coefficient (Wildman–Crippen LogP) is 4.25. The summed E-state index contributed by atoms with van der Waals surface area (Å²) in [7, 11) is 0.346. The number of hydrogen-bond donors (Lipinski definition) is 1. The summed E-state index contributed by atoms with van der Waals surface area (Å²) in [4.78, 5) is 21.4. The van der Waals surface area contributed by atoms with Crippen LogP contribution in [0.1, 0.15) is 34.8 Å². The summed E-state index contributed by atoms with van der Waals surface area (Å²) in [6.07, 6.45) is 3.98. The summed E-state index contributed by atoms with van der Waals surface area (Å²) in [5, 5.41) is 3.33. The Kier molecular flexibility index (Phi) is 8.87. The molecule has 0 fully saturated rings. The maximum Gasteiger partial charge on any atom is 0.254 e. The zero-order valence-corrected chi connectivity index (χ0v) is 23.6. The van der Waals surface area contributed by atoms with Crippen molar-refractivity contribution in [3.05, 3.63) is 71.2 Å². The van der Waals surface area contributed by atoms with Crippen LogP contribution in [0.3, 0.4) is 0 Å². The first-order chi connectivity index (χ1) is 18.6. The molecular weight excluding hydrogens is 519 g/mol. The second-order valence-corrected chi connectivity index (χ2v) is 11.9. The van der Waals surface area contributed by atoms with E-state index in [1.807, 2.05) is 50.6 Å². The molecule has 39 heavy (non-hydrogen) atoms. The fourth-order valence-electron chi connectivity index (χ4n) is 4.63. The van der Waals surface area contributed by atoms with E-state index < -0.39 is 20.5 Å². The van der Waals surface area contributed by atoms with Crippen molar-refractivity contribution in [2.75, 3.05) is 51.9 Å². The Morgan fingerprint density at radius 3 is 2.59 bits per heavy atom. The van der Waals surface area contributed by atoms with E-state index in [0.717, 1.165) is 48.3 Å². The van der Waals surface area contributed by atoms with E-state index in [2.05, 4.69) is 15.2 Å². The summed E-state index contributed by atoms with van der Waals surface area (Å²) in [6, 6.07) is 12.4. The van der Waals surface area contributed by atoms with Gasteiger partial charge in [-0.25, -0.2) is 17.8 Å². The molecule has 4 rings (SSSR count). The highest BCUT2D eigenvalue weighted by atomic mass is 32.2. The third-order valence-corrected chi connectivity index (χ3v) is 7.82. The largest absolute Gasteiger partial charge is 0.491 e. The van der Waals surface area contributed by atoms with Crippen molar-refractivity contribution in [1.82, 2.24) is 14.8 Å². The van der Waals surface area contributed by atoms with Gasteiger partial charge in [-0.05, 0) is 75.4 Å². The monoisotopic (exact) mass is 554 g/mol. The number of anilines is 1. The highest BCUT2D eigenvalue weighted by Crippen LogP contribution is 2.31. The lowest BCUT2D eigenvalue weighted by atomic mass is 10.0. The first-order valence-electron chi connectivity index (χ1n) is 13.0. The minimum absolute atomic E-state index is 0.101. The number of fused-ring (bicyclic) bond motifs is 1. The lowest BCUT2D eigenvalue weighted by Gasteiger charge is -2.22. The number of halogens is 1. The van der Waals surface area contributed by atoms with Crippen molar-refractivity contribution in [3.63, 3.8) is 0 Å². The van der Waals surface area contributed by atoms with Crippen molar-refractivity contribution in [1.29, 1.82) is 0 Å². The number of pyridine rings is 1. The maximum absolute atomic E-state index is 15.1. The van der Waals surface area contributed by atoms with E-state index in [1.54, 1.807) is 11.8 Å². The smallest absolute Gasteiger partial charge is 0.254 e. The Labute approximate surface area is 229 Å². The van der Waals surface area contributed by atoms with Gasteiger partial charge in [0, 0.05) is 47.8 Å². The highest BCUT2D eigenvalue weighted by molar-refractivity contribution is 7.90. The van der Waals surface area contributed by atoms with Crippen molar-refractivity contribution in [2.45, 2.75) is 31.2 Å². The van der Waals surface area contributed by atoms with Crippen LogP contribution in [-0.2, 0) is 22.8 Å². The minimum Gasteiger partial charge on any atom is -0.491 e. The van der Waals surface area contributed by atoms with Crippen LogP contribution in [0, 0.1) is 5.82 Å². The van der Waals surface area contributed by atoms with Crippen LogP contribution < -0.4 is 10.1 Å². The quantitative estimate of drug-likeness (QED) is 0.396. The van der Waals surface area contributed by atoms with E-state index in [9.17, 15) is 13.2 Å². The second kappa shape index (κ2) is 12.1. The van der Waals surface area contributed by atoms with E-state index >= 15 is 4.39 Å². The SMILES string of the molecule is CCc1c(C(=O)N2CCOc3ccc(-c4ccc(NCCCN(C)C)nc4)cc3C2)ccc(S(C)(=O)=O)c1F. The molecule has 2 aromatic carbocycles. The molecule has 0 radical (unpaired) electrons. The number of rotatable bonds is 9. The molecule has 2 heterocycles. The number of benzene rings is 2. The standard InChI is InChI=1S/C29H35FN4O4S/c1-5-23-24(9-11-26(28(23)30)39(4,36)37)29(35)34-15-16-38-25-10-7-20(17-22(25)19-34)21-8-12-27(32-18-21)31-13-6-14-33(2)3/h7-12,17-18H,5-6,13-16,19H2,1-4H3,(H,31,32). The summed E-state index contributed by atoms with van der Waals surface area (Å²) < 4.78 is 44.9. The van der Waals surface area contributed by atoms with Gasteiger partial charge in [-0.15, -0.1) is 0 Å². The van der Waals surface area contributed by atoms with Crippen LogP contribution >= 0.6 is 0 Å². The number of aromatic nitrogens is 1. The van der Waals surface area contributed by atoms with Gasteiger partial charge in [-0.1, -0.05) is 13.0 Å². The molecule has 1 aliphatic rings. The number of nitrogens with one attached hydrogen (secondary N) is 1. The molecule has 0 saturated carbocycles. The average Bonchev–Trinajstić information content (AvgIpc) is 3.12. The molecule has 10 heteroatoms. The highest BCUT2D eigenvalue weighted by Gasteiger charge is 2.27. The Morgan fingerprint density at radius 1 is 1.15 bits per heavy atom. The minimum atomic E-state index is -3.75. The molecule has 208 valence electrons. The lowest BCUT2D eigenvalue weighted by Crippen LogP contribution is -2.33. The Balaban J connectivity index is 1.54. The van der Waals surface area contributed by atoms with Gasteiger partial charge in [0.1, 0.15) is 28.9 Å². The number of hydrogen-bond acceptors (Lipinski definition) is 7. The van der Waals surface area contributed by atoms with Crippen LogP contribution in [0.5, 0.6) is 5.75 Å². The number of amides is 1. The molecular formula is C29H35FN4O4S. The van der Waals surface area contributed by atoms with E-state index in [4.69, 9.17) is 4.74 Å². The molecule has 0 atom stereocenters. The Bertz CT molecular complexity index is 1440. The van der Waals surface area contributed by atoms with E-state index in [-0.39, 0.29) is 30.0 Å². The van der Waals surface area contributed by atoms with Crippen molar-refractivity contribution in [3.8, 4) is 16.9 Å². The normalized spacial score (nSPS) is 13.5. The Morgan fingerprint density at radius 2 is 1.92 bits per heavy atom. The maximum atomic E-state index is 15.1. The van der Waals surface area contributed by atoms with Crippen LogP contribution in [0.25, 0.3) is 11.1 Å². The first-order valence-corrected chi connectivity index (χ1v) is 14.9. The van der Waals surface area contributed by atoms with Crippen molar-refractivity contribution >= 4 is 21.6 Å². The van der Waals surface area contributed by atoms with Crippen LogP contribution in [0.4, 0.5) is 10.2 Å². The van der Waals surface area contributed by atoms with Crippen molar-refractivity contribution < 1.29 is 22.3 Å². The number of carbonyl (C=O) groups excluding carboxylic acids is 1. The zero-order chi connectivity index (χ0) is 28.2. The van der Waals surface area contributed by atoms with Gasteiger partial charge in [0.15, 0.2) is 9.84 Å². The summed E-state index contributed by atoms with van der Waals surface area (Å²) in [6.45, 7) is 4.43. The lowest BCUT2D eigenvalue weighted by molar-refractivity contribution is 0.0731. The third kappa shape index (κ3) is 6.75. The molecule has 1 amide bonds. The van der Waals surface area contributed by atoms with Gasteiger partial charge in [0.25, 0.3) is 5.91 Å². The van der Waals surface area contributed by atoms with Gasteiger partial charge in [-0.3, -0.25) is 4.79 Å². The van der Waals surface area contributed by atoms with Crippen molar-refractivity contribution in [2.24, 2.45) is 0 Å². The molecule has 3 aromatic rings. The molecule has 1 N–H and O–H groups in total. The summed E-state index contributed by atoms with van der Waals surface area (Å²) in [5.41, 5.74) is 2.97.